The molecule has 0 unspecified atom stereocenters. The van der Waals surface area contributed by atoms with E-state index < -0.39 is 6.04 Å². The lowest BCUT2D eigenvalue weighted by molar-refractivity contribution is 0.0942. The predicted octanol–water partition coefficient (Wildman–Crippen LogP) is 1.64. The van der Waals surface area contributed by atoms with Crippen molar-refractivity contribution in [1.29, 1.82) is 0 Å². The Balaban J connectivity index is 2.71. The maximum atomic E-state index is 11.9. The highest BCUT2D eigenvalue weighted by Gasteiger charge is 2.16. The molecule has 4 heteroatoms. The fourth-order valence-electron chi connectivity index (χ4n) is 1.57. The fraction of sp³-hybridized carbons (Fsp3) is 0.462. The minimum Gasteiger partial charge on any atom is -0.342 e. The van der Waals surface area contributed by atoms with Crippen LogP contribution in [0.4, 0.5) is 0 Å². The van der Waals surface area contributed by atoms with Gasteiger partial charge in [0, 0.05) is 11.9 Å². The van der Waals surface area contributed by atoms with Crippen LogP contribution >= 0.6 is 0 Å². The van der Waals surface area contributed by atoms with E-state index in [1.54, 1.807) is 25.3 Å². The third kappa shape index (κ3) is 3.98. The third-order valence-electron chi connectivity index (χ3n) is 2.41. The zero-order valence-corrected chi connectivity index (χ0v) is 10.4. The molecule has 1 radical (unpaired) electrons. The topological polar surface area (TPSA) is 59.1 Å². The lowest BCUT2D eigenvalue weighted by Gasteiger charge is -2.14. The van der Waals surface area contributed by atoms with Gasteiger partial charge < -0.3 is 5.32 Å². The molecular weight excluding hydrogens is 216 g/mol. The second-order valence-corrected chi connectivity index (χ2v) is 4.41. The van der Waals surface area contributed by atoms with E-state index in [1.165, 1.54) is 0 Å². The largest absolute Gasteiger partial charge is 0.342 e. The van der Waals surface area contributed by atoms with Gasteiger partial charge in [0.15, 0.2) is 0 Å². The Morgan fingerprint density at radius 2 is 2.24 bits per heavy atom. The van der Waals surface area contributed by atoms with Crippen molar-refractivity contribution >= 4 is 12.2 Å². The first-order valence-electron chi connectivity index (χ1n) is 5.64. The molecule has 1 atom stereocenters. The molecule has 0 fully saturated rings. The first-order chi connectivity index (χ1) is 8.04. The molecular formula is C13H17N2O2. The van der Waals surface area contributed by atoms with Crippen molar-refractivity contribution in [2.75, 3.05) is 0 Å². The number of pyridine rings is 1. The average molecular weight is 233 g/mol. The maximum Gasteiger partial charge on any atom is 0.253 e. The summed E-state index contributed by atoms with van der Waals surface area (Å²) in [6.45, 7) is 5.74. The number of carbonyl (C=O) groups is 1. The summed E-state index contributed by atoms with van der Waals surface area (Å²) in [6, 6.07) is 2.83. The highest BCUT2D eigenvalue weighted by atomic mass is 16.2. The quantitative estimate of drug-likeness (QED) is 0.841. The highest BCUT2D eigenvalue weighted by Crippen LogP contribution is 2.06. The first kappa shape index (κ1) is 13.4. The Labute approximate surface area is 101 Å². The van der Waals surface area contributed by atoms with Gasteiger partial charge in [-0.2, -0.15) is 0 Å². The average Bonchev–Trinajstić information content (AvgIpc) is 2.27. The summed E-state index contributed by atoms with van der Waals surface area (Å²) in [5, 5.41) is 2.65. The van der Waals surface area contributed by atoms with E-state index in [-0.39, 0.29) is 5.91 Å². The standard InChI is InChI=1S/C13H17N2O2/c1-9(2)7-11(8-16)15-13(17)12-5-4-6-14-10(12)3/h4-6,9,11H,7H2,1-3H3,(H,15,17)/t11-/m0/s1. The van der Waals surface area contributed by atoms with Crippen LogP contribution in [-0.4, -0.2) is 23.2 Å². The highest BCUT2D eigenvalue weighted by molar-refractivity contribution is 5.96. The molecule has 0 aromatic carbocycles. The lowest BCUT2D eigenvalue weighted by atomic mass is 10.0. The van der Waals surface area contributed by atoms with Crippen molar-refractivity contribution in [2.45, 2.75) is 33.2 Å². The maximum absolute atomic E-state index is 11.9. The van der Waals surface area contributed by atoms with Crippen LogP contribution in [0.3, 0.4) is 0 Å². The van der Waals surface area contributed by atoms with E-state index in [2.05, 4.69) is 10.3 Å². The molecule has 17 heavy (non-hydrogen) atoms. The van der Waals surface area contributed by atoms with Crippen molar-refractivity contribution in [3.8, 4) is 0 Å². The van der Waals surface area contributed by atoms with Gasteiger partial charge in [-0.25, -0.2) is 0 Å². The van der Waals surface area contributed by atoms with Gasteiger partial charge in [-0.3, -0.25) is 14.6 Å². The van der Waals surface area contributed by atoms with Gasteiger partial charge in [0.05, 0.1) is 11.6 Å². The van der Waals surface area contributed by atoms with Crippen LogP contribution in [0.5, 0.6) is 0 Å². The molecule has 1 amide bonds. The number of rotatable bonds is 5. The zero-order chi connectivity index (χ0) is 12.8. The van der Waals surface area contributed by atoms with Crippen LogP contribution in [0.15, 0.2) is 18.3 Å². The minimum atomic E-state index is -0.554. The van der Waals surface area contributed by atoms with Crippen LogP contribution < -0.4 is 5.32 Å². The fourth-order valence-corrected chi connectivity index (χ4v) is 1.57. The van der Waals surface area contributed by atoms with Crippen molar-refractivity contribution in [1.82, 2.24) is 10.3 Å². The first-order valence-corrected chi connectivity index (χ1v) is 5.64. The number of carbonyl (C=O) groups excluding carboxylic acids is 2. The molecule has 0 aliphatic heterocycles. The minimum absolute atomic E-state index is 0.274. The van der Waals surface area contributed by atoms with Gasteiger partial charge in [0.1, 0.15) is 0 Å². The van der Waals surface area contributed by atoms with E-state index in [0.717, 1.165) is 0 Å². The number of amides is 1. The van der Waals surface area contributed by atoms with Gasteiger partial charge in [-0.15, -0.1) is 0 Å². The van der Waals surface area contributed by atoms with Crippen molar-refractivity contribution in [3.05, 3.63) is 29.6 Å². The van der Waals surface area contributed by atoms with Crippen LogP contribution in [0, 0.1) is 12.8 Å². The van der Waals surface area contributed by atoms with E-state index in [1.807, 2.05) is 20.1 Å². The van der Waals surface area contributed by atoms with Crippen LogP contribution in [0.1, 0.15) is 36.3 Å². The Morgan fingerprint density at radius 1 is 1.53 bits per heavy atom. The molecule has 1 rings (SSSR count). The number of nitrogens with zero attached hydrogens (tertiary/aromatic N) is 1. The molecule has 0 aliphatic carbocycles. The number of hydrogen-bond donors (Lipinski definition) is 1. The zero-order valence-electron chi connectivity index (χ0n) is 10.4. The molecule has 0 saturated heterocycles. The smallest absolute Gasteiger partial charge is 0.253 e. The summed E-state index contributed by atoms with van der Waals surface area (Å²) >= 11 is 0. The van der Waals surface area contributed by atoms with Gasteiger partial charge in [-0.1, -0.05) is 13.8 Å². The normalized spacial score (nSPS) is 12.2. The molecule has 91 valence electrons. The number of hydrogen-bond acceptors (Lipinski definition) is 3. The Hall–Kier alpha value is -1.71. The SMILES string of the molecule is Cc1ncccc1C(=O)N[C@H]([C]=O)CC(C)C. The van der Waals surface area contributed by atoms with E-state index in [0.29, 0.717) is 23.6 Å². The van der Waals surface area contributed by atoms with Crippen LogP contribution in [0.25, 0.3) is 0 Å². The molecule has 0 aliphatic rings. The Bertz CT molecular complexity index is 402. The van der Waals surface area contributed by atoms with E-state index in [9.17, 15) is 9.59 Å². The molecule has 0 saturated carbocycles. The Morgan fingerprint density at radius 3 is 2.76 bits per heavy atom. The molecule has 1 aromatic heterocycles. The predicted molar refractivity (Wildman–Crippen MR) is 65.4 cm³/mol. The summed E-state index contributed by atoms with van der Waals surface area (Å²) in [6.07, 6.45) is 4.07. The van der Waals surface area contributed by atoms with Gasteiger partial charge in [-0.05, 0) is 31.4 Å². The summed E-state index contributed by atoms with van der Waals surface area (Å²) in [5.74, 6) is 0.0568. The third-order valence-corrected chi connectivity index (χ3v) is 2.41. The van der Waals surface area contributed by atoms with Crippen molar-refractivity contribution < 1.29 is 9.59 Å². The molecule has 1 heterocycles. The molecule has 4 nitrogen and oxygen atoms in total. The lowest BCUT2D eigenvalue weighted by Crippen LogP contribution is -2.37. The molecule has 1 N–H and O–H groups in total. The number of aryl methyl sites for hydroxylation is 1. The summed E-state index contributed by atoms with van der Waals surface area (Å²) in [4.78, 5) is 26.7. The molecule has 1 aromatic rings. The monoisotopic (exact) mass is 233 g/mol. The number of aromatic nitrogens is 1. The van der Waals surface area contributed by atoms with Gasteiger partial charge in [0.25, 0.3) is 5.91 Å². The van der Waals surface area contributed by atoms with E-state index >= 15 is 0 Å². The van der Waals surface area contributed by atoms with E-state index in [4.69, 9.17) is 0 Å². The second-order valence-electron chi connectivity index (χ2n) is 4.41. The van der Waals surface area contributed by atoms with Gasteiger partial charge in [0.2, 0.25) is 6.29 Å². The van der Waals surface area contributed by atoms with Crippen LogP contribution in [0.2, 0.25) is 0 Å². The molecule has 0 bridgehead atoms. The van der Waals surface area contributed by atoms with Crippen LogP contribution in [-0.2, 0) is 4.79 Å². The summed E-state index contributed by atoms with van der Waals surface area (Å²) < 4.78 is 0. The van der Waals surface area contributed by atoms with Crippen molar-refractivity contribution in [2.24, 2.45) is 5.92 Å². The second kappa shape index (κ2) is 6.13. The van der Waals surface area contributed by atoms with Crippen molar-refractivity contribution in [3.63, 3.8) is 0 Å². The summed E-state index contributed by atoms with van der Waals surface area (Å²) in [5.41, 5.74) is 1.15. The van der Waals surface area contributed by atoms with Gasteiger partial charge >= 0.3 is 0 Å². The summed E-state index contributed by atoms with van der Waals surface area (Å²) in [7, 11) is 0. The molecule has 0 spiro atoms. The number of nitrogens with one attached hydrogen (secondary N) is 1. The Kier molecular flexibility index (Phi) is 4.82.